The van der Waals surface area contributed by atoms with E-state index in [0.717, 1.165) is 12.1 Å². The van der Waals surface area contributed by atoms with Crippen molar-refractivity contribution in [3.63, 3.8) is 0 Å². The molecule has 1 saturated heterocycles. The van der Waals surface area contributed by atoms with Gasteiger partial charge in [0.15, 0.2) is 0 Å². The van der Waals surface area contributed by atoms with Gasteiger partial charge in [0.2, 0.25) is 0 Å². The molecular weight excluding hydrogens is 235 g/mol. The summed E-state index contributed by atoms with van der Waals surface area (Å²) in [5.41, 5.74) is 16.5. The number of benzene rings is 1. The number of alkyl halides is 3. The molecule has 94 valence electrons. The Morgan fingerprint density at radius 3 is 2.06 bits per heavy atom. The summed E-state index contributed by atoms with van der Waals surface area (Å²) in [5.74, 6) is 0. The number of nitrogens with two attached hydrogens (primary N) is 1. The molecule has 0 radical (unpaired) electrons. The molecule has 1 unspecified atom stereocenters. The van der Waals surface area contributed by atoms with Gasteiger partial charge in [-0.15, -0.1) is 0 Å². The molecule has 0 aromatic heterocycles. The van der Waals surface area contributed by atoms with Gasteiger partial charge in [-0.3, -0.25) is 0 Å². The highest BCUT2D eigenvalue weighted by atomic mass is 19.4. The number of halogens is 3. The van der Waals surface area contributed by atoms with Crippen molar-refractivity contribution in [3.8, 4) is 0 Å². The Morgan fingerprint density at radius 2 is 1.59 bits per heavy atom. The van der Waals surface area contributed by atoms with Crippen LogP contribution < -0.4 is 27.7 Å². The monoisotopic (exact) mass is 247 g/mol. The Hall–Kier alpha value is -1.19. The second-order valence-corrected chi connectivity index (χ2v) is 3.66. The molecule has 1 aliphatic rings. The number of hydrazine groups is 3. The van der Waals surface area contributed by atoms with Crippen LogP contribution >= 0.6 is 0 Å². The van der Waals surface area contributed by atoms with Crippen molar-refractivity contribution in [2.75, 3.05) is 0 Å². The van der Waals surface area contributed by atoms with Crippen LogP contribution in [0.2, 0.25) is 0 Å². The third-order valence-electron chi connectivity index (χ3n) is 2.50. The molecule has 0 bridgehead atoms. The van der Waals surface area contributed by atoms with Crippen LogP contribution in [-0.4, -0.2) is 6.17 Å². The molecule has 1 atom stereocenters. The summed E-state index contributed by atoms with van der Waals surface area (Å²) in [6.45, 7) is 0. The van der Waals surface area contributed by atoms with Crippen LogP contribution in [0.5, 0.6) is 0 Å². The fraction of sp³-hybridized carbons (Fsp3) is 0.333. The van der Waals surface area contributed by atoms with Crippen molar-refractivity contribution in [1.29, 1.82) is 0 Å². The number of nitrogens with one attached hydrogen (secondary N) is 4. The highest BCUT2D eigenvalue weighted by Crippen LogP contribution is 2.29. The average molecular weight is 247 g/mol. The zero-order chi connectivity index (χ0) is 12.5. The van der Waals surface area contributed by atoms with E-state index in [4.69, 9.17) is 5.73 Å². The van der Waals surface area contributed by atoms with Crippen molar-refractivity contribution in [2.24, 2.45) is 5.73 Å². The lowest BCUT2D eigenvalue weighted by Crippen LogP contribution is -2.43. The van der Waals surface area contributed by atoms with Crippen molar-refractivity contribution in [1.82, 2.24) is 21.9 Å². The third-order valence-corrected chi connectivity index (χ3v) is 2.50. The minimum absolute atomic E-state index is 0.299. The first-order valence-corrected chi connectivity index (χ1v) is 4.92. The number of rotatable bonds is 2. The standard InChI is InChI=1S/C9H12F3N5/c10-9(11,12)6-3-1-5(2-4-6)7(13)8-14-16-17-15-8/h1-4,7-8,14-17H,13H2. The highest BCUT2D eigenvalue weighted by Gasteiger charge is 2.30. The van der Waals surface area contributed by atoms with Crippen LogP contribution in [-0.2, 0) is 6.18 Å². The van der Waals surface area contributed by atoms with Crippen LogP contribution in [0, 0.1) is 0 Å². The second kappa shape index (κ2) is 4.59. The Morgan fingerprint density at radius 1 is 1.06 bits per heavy atom. The van der Waals surface area contributed by atoms with E-state index in [1.807, 2.05) is 0 Å². The maximum absolute atomic E-state index is 12.3. The topological polar surface area (TPSA) is 74.1 Å². The summed E-state index contributed by atoms with van der Waals surface area (Å²) >= 11 is 0. The van der Waals surface area contributed by atoms with Gasteiger partial charge < -0.3 is 5.73 Å². The minimum Gasteiger partial charge on any atom is -0.321 e. The quantitative estimate of drug-likeness (QED) is 0.514. The molecule has 0 amide bonds. The Bertz CT molecular complexity index is 371. The smallest absolute Gasteiger partial charge is 0.321 e. The molecule has 1 aliphatic heterocycles. The summed E-state index contributed by atoms with van der Waals surface area (Å²) in [6, 6.07) is 4.31. The molecule has 6 N–H and O–H groups in total. The molecule has 0 spiro atoms. The highest BCUT2D eigenvalue weighted by molar-refractivity contribution is 5.27. The fourth-order valence-corrected chi connectivity index (χ4v) is 1.53. The summed E-state index contributed by atoms with van der Waals surface area (Å²) in [4.78, 5) is 0. The van der Waals surface area contributed by atoms with Gasteiger partial charge in [-0.05, 0) is 17.7 Å². The van der Waals surface area contributed by atoms with Crippen LogP contribution in [0.25, 0.3) is 0 Å². The zero-order valence-corrected chi connectivity index (χ0v) is 8.68. The van der Waals surface area contributed by atoms with Gasteiger partial charge in [-0.2, -0.15) is 24.2 Å². The lowest BCUT2D eigenvalue weighted by atomic mass is 10.0. The van der Waals surface area contributed by atoms with E-state index in [1.165, 1.54) is 12.1 Å². The van der Waals surface area contributed by atoms with Gasteiger partial charge >= 0.3 is 6.18 Å². The summed E-state index contributed by atoms with van der Waals surface area (Å²) < 4.78 is 37.0. The predicted octanol–water partition coefficient (Wildman–Crippen LogP) is 0.148. The second-order valence-electron chi connectivity index (χ2n) is 3.66. The third kappa shape index (κ3) is 2.73. The molecule has 5 nitrogen and oxygen atoms in total. The van der Waals surface area contributed by atoms with E-state index in [1.54, 1.807) is 0 Å². The normalized spacial score (nSPS) is 19.5. The Kier molecular flexibility index (Phi) is 3.31. The van der Waals surface area contributed by atoms with Crippen molar-refractivity contribution in [2.45, 2.75) is 18.4 Å². The maximum atomic E-state index is 12.3. The molecule has 17 heavy (non-hydrogen) atoms. The van der Waals surface area contributed by atoms with Gasteiger partial charge in [-0.1, -0.05) is 12.1 Å². The lowest BCUT2D eigenvalue weighted by molar-refractivity contribution is -0.137. The van der Waals surface area contributed by atoms with Gasteiger partial charge in [-0.25, -0.2) is 10.9 Å². The molecule has 1 aromatic rings. The Labute approximate surface area is 95.5 Å². The minimum atomic E-state index is -4.32. The molecule has 0 saturated carbocycles. The number of hydrogen-bond donors (Lipinski definition) is 5. The van der Waals surface area contributed by atoms with Crippen LogP contribution in [0.1, 0.15) is 17.2 Å². The predicted molar refractivity (Wildman–Crippen MR) is 54.7 cm³/mol. The molecule has 1 aromatic carbocycles. The largest absolute Gasteiger partial charge is 0.416 e. The maximum Gasteiger partial charge on any atom is 0.416 e. The first-order valence-electron chi connectivity index (χ1n) is 4.92. The van der Waals surface area contributed by atoms with Crippen molar-refractivity contribution >= 4 is 0 Å². The fourth-order valence-electron chi connectivity index (χ4n) is 1.53. The van der Waals surface area contributed by atoms with E-state index < -0.39 is 17.8 Å². The first-order chi connectivity index (χ1) is 7.98. The van der Waals surface area contributed by atoms with Gasteiger partial charge in [0, 0.05) is 0 Å². The molecule has 1 heterocycles. The SMILES string of the molecule is NC(c1ccc(C(F)(F)F)cc1)C1NNNN1. The van der Waals surface area contributed by atoms with E-state index >= 15 is 0 Å². The lowest BCUT2D eigenvalue weighted by Gasteiger charge is -2.18. The van der Waals surface area contributed by atoms with E-state index in [2.05, 4.69) is 21.9 Å². The Balaban J connectivity index is 2.12. The summed E-state index contributed by atoms with van der Waals surface area (Å²) in [6.07, 6.45) is -4.62. The number of hydrogen-bond acceptors (Lipinski definition) is 5. The molecule has 8 heteroatoms. The van der Waals surface area contributed by atoms with Crippen LogP contribution in [0.3, 0.4) is 0 Å². The van der Waals surface area contributed by atoms with Crippen LogP contribution in [0.15, 0.2) is 24.3 Å². The average Bonchev–Trinajstić information content (AvgIpc) is 2.80. The molecule has 0 aliphatic carbocycles. The van der Waals surface area contributed by atoms with Crippen LogP contribution in [0.4, 0.5) is 13.2 Å². The summed E-state index contributed by atoms with van der Waals surface area (Å²) in [5, 5.41) is 0. The zero-order valence-electron chi connectivity index (χ0n) is 8.68. The molecule has 1 fully saturated rings. The van der Waals surface area contributed by atoms with E-state index in [0.29, 0.717) is 5.56 Å². The van der Waals surface area contributed by atoms with Gasteiger partial charge in [0.05, 0.1) is 11.6 Å². The summed E-state index contributed by atoms with van der Waals surface area (Å²) in [7, 11) is 0. The first kappa shape index (κ1) is 12.3. The van der Waals surface area contributed by atoms with Gasteiger partial charge in [0.1, 0.15) is 6.17 Å². The molecular formula is C9H12F3N5. The van der Waals surface area contributed by atoms with E-state index in [9.17, 15) is 13.2 Å². The van der Waals surface area contributed by atoms with E-state index in [-0.39, 0.29) is 6.17 Å². The van der Waals surface area contributed by atoms with Crippen molar-refractivity contribution in [3.05, 3.63) is 35.4 Å². The molecule has 2 rings (SSSR count). The van der Waals surface area contributed by atoms with Crippen molar-refractivity contribution < 1.29 is 13.2 Å². The van der Waals surface area contributed by atoms with Gasteiger partial charge in [0.25, 0.3) is 0 Å².